The lowest BCUT2D eigenvalue weighted by Gasteiger charge is -2.57. The molecule has 3 saturated carbocycles. The van der Waals surface area contributed by atoms with Gasteiger partial charge in [0, 0.05) is 63.8 Å². The van der Waals surface area contributed by atoms with E-state index in [0.29, 0.717) is 52.7 Å². The number of carbonyl (C=O) groups is 3. The molecule has 5 aromatic rings. The fourth-order valence-corrected chi connectivity index (χ4v) is 16.5. The van der Waals surface area contributed by atoms with Gasteiger partial charge in [-0.05, 0) is 79.5 Å². The number of nitrogens with two attached hydrogens (primary N) is 2. The van der Waals surface area contributed by atoms with Crippen LogP contribution in [0.3, 0.4) is 0 Å². The number of ether oxygens (including phenoxy) is 7. The van der Waals surface area contributed by atoms with Crippen LogP contribution in [0.1, 0.15) is 102 Å². The summed E-state index contributed by atoms with van der Waals surface area (Å²) in [7, 11) is 0. The standard InChI is InChI=1S/C60H60N4O17/c61-53(62)51-50-45(69)52(70)60(74)56(81-50)78-39-20-40-42(49-43-33-8-9-38(76-27-67)48(47(33)79-49)75-25-31(68)6-7-32(46(43)77-40)28-4-2-1-3-5-28)35(22-64-21-29-13-19-63-44(29)37(64)24-66)41(39)36-12-16-58(15-11-34(54(71)72)55(73)80-51)30(23-65)10-14-57(58)17-18-59(36,60)26-57/h1-5,8-9,13,19-21,23,30-32,34,36,43,45-46,49-53,56,63,66-70,74H,10,12,14,16-18,22,24-27,61-62H2,(H,71,72). The number of aliphatic hydroxyl groups is 6. The Kier molecular flexibility index (Phi) is 12.0. The Labute approximate surface area is 463 Å². The summed E-state index contributed by atoms with van der Waals surface area (Å²) in [5.41, 5.74) is 10.7. The summed E-state index contributed by atoms with van der Waals surface area (Å²) in [5, 5.41) is 83.9. The summed E-state index contributed by atoms with van der Waals surface area (Å²) in [6.45, 7) is -1.37. The number of aromatic nitrogens is 2. The Morgan fingerprint density at radius 3 is 2.51 bits per heavy atom. The summed E-state index contributed by atoms with van der Waals surface area (Å²) >= 11 is 0. The normalized spacial score (nSPS) is 37.2. The van der Waals surface area contributed by atoms with Gasteiger partial charge in [-0.1, -0.05) is 60.1 Å². The predicted octanol–water partition coefficient (Wildman–Crippen LogP) is 2.43. The van der Waals surface area contributed by atoms with Gasteiger partial charge in [-0.25, -0.2) is 0 Å². The molecular formula is C60H60N4O17. The molecule has 21 nitrogen and oxygen atoms in total. The Balaban J connectivity index is 1.08. The Morgan fingerprint density at radius 2 is 1.74 bits per heavy atom. The van der Waals surface area contributed by atoms with Gasteiger partial charge in [-0.15, -0.1) is 0 Å². The van der Waals surface area contributed by atoms with E-state index in [-0.39, 0.29) is 74.2 Å². The van der Waals surface area contributed by atoms with E-state index in [1.165, 1.54) is 0 Å². The minimum absolute atomic E-state index is 0.0122. The molecule has 15 rings (SSSR count). The molecule has 12 N–H and O–H groups in total. The van der Waals surface area contributed by atoms with Crippen molar-refractivity contribution < 1.29 is 83.3 Å². The second kappa shape index (κ2) is 18.7. The molecule has 17 atom stereocenters. The smallest absolute Gasteiger partial charge is 0.333 e. The fourth-order valence-electron chi connectivity index (χ4n) is 16.5. The molecule has 2 aromatic heterocycles. The number of aliphatic carboxylic acids is 1. The van der Waals surface area contributed by atoms with Crippen LogP contribution >= 0.6 is 0 Å². The third kappa shape index (κ3) is 7.17. The van der Waals surface area contributed by atoms with Crippen LogP contribution < -0.4 is 35.2 Å². The van der Waals surface area contributed by atoms with Crippen LogP contribution in [0.15, 0.2) is 67.0 Å². The first kappa shape index (κ1) is 52.0. The summed E-state index contributed by atoms with van der Waals surface area (Å²) in [6.07, 6.45) is -8.38. The molecule has 21 heteroatoms. The van der Waals surface area contributed by atoms with Crippen molar-refractivity contribution in [1.82, 2.24) is 9.55 Å². The van der Waals surface area contributed by atoms with Crippen molar-refractivity contribution in [3.8, 4) is 52.4 Å². The van der Waals surface area contributed by atoms with E-state index in [2.05, 4.69) is 28.7 Å². The molecule has 81 heavy (non-hydrogen) atoms. The van der Waals surface area contributed by atoms with Crippen molar-refractivity contribution >= 4 is 29.1 Å². The summed E-state index contributed by atoms with van der Waals surface area (Å²) in [4.78, 5) is 44.1. The second-order valence-corrected chi connectivity index (χ2v) is 23.4. The summed E-state index contributed by atoms with van der Waals surface area (Å²) < 4.78 is 48.5. The number of carboxylic acid groups (broad SMARTS) is 1. The molecule has 10 aliphatic rings. The van der Waals surface area contributed by atoms with Crippen molar-refractivity contribution in [3.63, 3.8) is 0 Å². The molecule has 1 saturated heterocycles. The third-order valence-corrected chi connectivity index (χ3v) is 20.0. The first-order chi connectivity index (χ1) is 39.1. The van der Waals surface area contributed by atoms with Crippen molar-refractivity contribution in [3.05, 3.63) is 101 Å². The number of rotatable bonds is 9. The van der Waals surface area contributed by atoms with Crippen molar-refractivity contribution in [2.75, 3.05) is 13.4 Å². The lowest BCUT2D eigenvalue weighted by Crippen LogP contribution is -2.76. The van der Waals surface area contributed by atoms with Crippen LogP contribution in [-0.4, -0.2) is 132 Å². The quantitative estimate of drug-likeness (QED) is 0.0333. The number of aromatic amines is 1. The van der Waals surface area contributed by atoms with Crippen LogP contribution in [0, 0.1) is 51.8 Å². The second-order valence-electron chi connectivity index (χ2n) is 23.4. The minimum atomic E-state index is -2.51. The number of nitrogens with zero attached hydrogens (tertiary/aromatic N) is 1. The van der Waals surface area contributed by atoms with E-state index in [4.69, 9.17) is 44.6 Å². The number of carboxylic acids is 1. The maximum Gasteiger partial charge on any atom is 0.333 e. The number of aldehydes is 1. The van der Waals surface area contributed by atoms with E-state index in [9.17, 15) is 50.1 Å². The van der Waals surface area contributed by atoms with Crippen LogP contribution in [0.2, 0.25) is 0 Å². The van der Waals surface area contributed by atoms with Crippen LogP contribution in [0.25, 0.3) is 10.9 Å². The molecule has 0 radical (unpaired) electrons. The highest BCUT2D eigenvalue weighted by Gasteiger charge is 2.78. The van der Waals surface area contributed by atoms with Crippen molar-refractivity contribution in [2.45, 2.75) is 137 Å². The van der Waals surface area contributed by atoms with E-state index >= 15 is 0 Å². The first-order valence-corrected chi connectivity index (χ1v) is 27.5. The zero-order chi connectivity index (χ0) is 56.1. The number of carbonyl (C=O) groups excluding carboxylic acids is 2. The number of fused-ring (bicyclic) bond motifs is 10. The lowest BCUT2D eigenvalue weighted by atomic mass is 9.55. The molecule has 10 bridgehead atoms. The highest BCUT2D eigenvalue weighted by Crippen LogP contribution is 2.78. The van der Waals surface area contributed by atoms with Gasteiger partial charge < -0.3 is 94.7 Å². The Bertz CT molecular complexity index is 3560. The number of H-pyrrole nitrogens is 1. The maximum absolute atomic E-state index is 14.3. The molecule has 7 aliphatic heterocycles. The monoisotopic (exact) mass is 1110 g/mol. The molecule has 17 unspecified atom stereocenters. The van der Waals surface area contributed by atoms with Gasteiger partial charge in [0.2, 0.25) is 18.0 Å². The first-order valence-electron chi connectivity index (χ1n) is 27.5. The van der Waals surface area contributed by atoms with E-state index in [1.54, 1.807) is 18.3 Å². The van der Waals surface area contributed by atoms with Gasteiger partial charge >= 0.3 is 11.9 Å². The third-order valence-electron chi connectivity index (χ3n) is 20.0. The zero-order valence-electron chi connectivity index (χ0n) is 43.6. The van der Waals surface area contributed by atoms with Gasteiger partial charge in [0.15, 0.2) is 30.0 Å². The SMILES string of the molecule is NC(N)C1OC(=O)C(C(=O)O)C#CC23CCC4c5c(cc6c(c5Cn5cc7cc[nH]c7c5CO)C5Oc7c8ccc(OCO)c7OCC(O)C#CC(c7ccccc7)C(O6)C85)OC5OC1C(O)C(O)C5(O)C41CCC2(CCC3C=O)C1. The van der Waals surface area contributed by atoms with E-state index in [1.807, 2.05) is 53.2 Å². The number of nitrogens with one attached hydrogen (secondary N) is 1. The highest BCUT2D eigenvalue weighted by molar-refractivity contribution is 5.97. The molecule has 422 valence electrons. The summed E-state index contributed by atoms with van der Waals surface area (Å²) in [6, 6.07) is 16.6. The average Bonchev–Trinajstić information content (AvgIpc) is 3.51. The number of hydrogen-bond donors (Lipinski definition) is 10. The molecule has 2 spiro atoms. The van der Waals surface area contributed by atoms with E-state index < -0.39 is 125 Å². The van der Waals surface area contributed by atoms with Crippen molar-refractivity contribution in [2.24, 2.45) is 39.5 Å². The molecular weight excluding hydrogens is 1050 g/mol. The highest BCUT2D eigenvalue weighted by atomic mass is 16.7. The zero-order valence-corrected chi connectivity index (χ0v) is 43.6. The van der Waals surface area contributed by atoms with Gasteiger partial charge in [0.25, 0.3) is 0 Å². The van der Waals surface area contributed by atoms with Gasteiger partial charge in [0.1, 0.15) is 61.0 Å². The average molecular weight is 1110 g/mol. The summed E-state index contributed by atoms with van der Waals surface area (Å²) in [5.74, 6) is 5.18. The van der Waals surface area contributed by atoms with Crippen LogP contribution in [-0.2, 0) is 37.0 Å². The number of esters is 1. The molecule has 3 aliphatic carbocycles. The van der Waals surface area contributed by atoms with Gasteiger partial charge in [-0.3, -0.25) is 9.59 Å². The van der Waals surface area contributed by atoms with Crippen LogP contribution in [0.4, 0.5) is 0 Å². The minimum Gasteiger partial charge on any atom is -0.487 e. The Hall–Kier alpha value is -7.15. The van der Waals surface area contributed by atoms with E-state index in [0.717, 1.165) is 17.2 Å². The maximum atomic E-state index is 14.3. The largest absolute Gasteiger partial charge is 0.487 e. The molecule has 4 fully saturated rings. The lowest BCUT2D eigenvalue weighted by molar-refractivity contribution is -0.359. The number of hydrogen-bond acceptors (Lipinski definition) is 18. The molecule has 9 heterocycles. The number of benzene rings is 3. The van der Waals surface area contributed by atoms with Crippen molar-refractivity contribution in [1.29, 1.82) is 0 Å². The van der Waals surface area contributed by atoms with Gasteiger partial charge in [0.05, 0.1) is 35.8 Å². The number of aliphatic hydroxyl groups excluding tert-OH is 5. The Morgan fingerprint density at radius 1 is 0.926 bits per heavy atom. The fraction of sp³-hybridized carbons (Fsp3) is 0.483. The van der Waals surface area contributed by atoms with Gasteiger partial charge in [-0.2, -0.15) is 0 Å². The topological polar surface area (TPSA) is 330 Å². The molecule has 3 aromatic carbocycles. The van der Waals surface area contributed by atoms with Crippen LogP contribution in [0.5, 0.6) is 28.7 Å². The molecule has 0 amide bonds. The predicted molar refractivity (Wildman–Crippen MR) is 280 cm³/mol.